The number of nitro groups is 1. The fourth-order valence-corrected chi connectivity index (χ4v) is 1.63. The predicted octanol–water partition coefficient (Wildman–Crippen LogP) is 2.12. The van der Waals surface area contributed by atoms with Crippen molar-refractivity contribution in [2.24, 2.45) is 4.99 Å². The quantitative estimate of drug-likeness (QED) is 0.234. The Labute approximate surface area is 131 Å². The van der Waals surface area contributed by atoms with Gasteiger partial charge in [-0.2, -0.15) is 13.2 Å². The lowest BCUT2D eigenvalue weighted by Crippen LogP contribution is -2.40. The lowest BCUT2D eigenvalue weighted by atomic mass is 10.3. The van der Waals surface area contributed by atoms with Crippen molar-refractivity contribution in [2.45, 2.75) is 12.6 Å². The first kappa shape index (κ1) is 18.5. The molecule has 0 aliphatic rings. The highest BCUT2D eigenvalue weighted by Crippen LogP contribution is 2.18. The second kappa shape index (κ2) is 8.81. The number of non-ortho nitro benzene ring substituents is 1. The molecule has 0 unspecified atom stereocenters. The molecule has 10 heteroatoms. The standard InChI is InChI=1S/C13H18F3N5O2/c1-17-12(19-7-6-13(14,15)16)20-9-8-18-10-2-4-11(5-3-10)21(22)23/h2-5,18H,6-9H2,1H3,(H2,17,19,20). The summed E-state index contributed by atoms with van der Waals surface area (Å²) in [7, 11) is 1.46. The molecule has 1 aromatic carbocycles. The molecular formula is C13H18F3N5O2. The molecule has 0 radical (unpaired) electrons. The highest BCUT2D eigenvalue weighted by molar-refractivity contribution is 5.79. The Hall–Kier alpha value is -2.52. The van der Waals surface area contributed by atoms with Crippen LogP contribution in [0.1, 0.15) is 6.42 Å². The van der Waals surface area contributed by atoms with Gasteiger partial charge in [-0.05, 0) is 12.1 Å². The van der Waals surface area contributed by atoms with E-state index in [0.717, 1.165) is 0 Å². The Morgan fingerprint density at radius 3 is 2.30 bits per heavy atom. The number of aliphatic imine (C=N–C) groups is 1. The molecule has 0 saturated heterocycles. The van der Waals surface area contributed by atoms with Crippen LogP contribution in [0.2, 0.25) is 0 Å². The zero-order valence-electron chi connectivity index (χ0n) is 12.5. The average Bonchev–Trinajstić information content (AvgIpc) is 2.49. The number of halogens is 3. The van der Waals surface area contributed by atoms with E-state index in [1.807, 2.05) is 0 Å². The van der Waals surface area contributed by atoms with Crippen LogP contribution in [-0.2, 0) is 0 Å². The minimum atomic E-state index is -4.21. The number of nitrogens with one attached hydrogen (secondary N) is 3. The van der Waals surface area contributed by atoms with Crippen molar-refractivity contribution in [3.8, 4) is 0 Å². The fourth-order valence-electron chi connectivity index (χ4n) is 1.63. The Balaban J connectivity index is 2.25. The lowest BCUT2D eigenvalue weighted by molar-refractivity contribution is -0.384. The number of nitro benzene ring substituents is 1. The first-order chi connectivity index (χ1) is 10.8. The van der Waals surface area contributed by atoms with Crippen molar-refractivity contribution < 1.29 is 18.1 Å². The third kappa shape index (κ3) is 7.88. The molecule has 7 nitrogen and oxygen atoms in total. The van der Waals surface area contributed by atoms with E-state index in [4.69, 9.17) is 0 Å². The van der Waals surface area contributed by atoms with Crippen molar-refractivity contribution in [1.82, 2.24) is 10.6 Å². The monoisotopic (exact) mass is 333 g/mol. The largest absolute Gasteiger partial charge is 0.390 e. The number of alkyl halides is 3. The topological polar surface area (TPSA) is 91.6 Å². The molecule has 0 aliphatic carbocycles. The maximum atomic E-state index is 12.0. The molecule has 1 aromatic rings. The number of hydrogen-bond acceptors (Lipinski definition) is 4. The van der Waals surface area contributed by atoms with Gasteiger partial charge in [-0.3, -0.25) is 15.1 Å². The van der Waals surface area contributed by atoms with Crippen LogP contribution in [0.15, 0.2) is 29.3 Å². The Morgan fingerprint density at radius 2 is 1.78 bits per heavy atom. The number of anilines is 1. The summed E-state index contributed by atoms with van der Waals surface area (Å²) in [6, 6.07) is 5.92. The number of rotatable bonds is 7. The van der Waals surface area contributed by atoms with Crippen LogP contribution in [0.3, 0.4) is 0 Å². The lowest BCUT2D eigenvalue weighted by Gasteiger charge is -2.13. The third-order valence-corrected chi connectivity index (χ3v) is 2.75. The van der Waals surface area contributed by atoms with Crippen molar-refractivity contribution in [1.29, 1.82) is 0 Å². The minimum Gasteiger partial charge on any atom is -0.383 e. The number of hydrogen-bond donors (Lipinski definition) is 3. The van der Waals surface area contributed by atoms with E-state index in [2.05, 4.69) is 20.9 Å². The summed E-state index contributed by atoms with van der Waals surface area (Å²) in [5.41, 5.74) is 0.709. The SMILES string of the molecule is CN=C(NCCNc1ccc([N+](=O)[O-])cc1)NCCC(F)(F)F. The van der Waals surface area contributed by atoms with Gasteiger partial charge in [-0.1, -0.05) is 0 Å². The number of benzene rings is 1. The first-order valence-corrected chi connectivity index (χ1v) is 6.81. The number of guanidine groups is 1. The molecule has 0 aliphatic heterocycles. The van der Waals surface area contributed by atoms with Gasteiger partial charge in [0.1, 0.15) is 0 Å². The molecule has 0 saturated carbocycles. The van der Waals surface area contributed by atoms with E-state index in [0.29, 0.717) is 18.8 Å². The Kier molecular flexibility index (Phi) is 7.10. The maximum absolute atomic E-state index is 12.0. The fraction of sp³-hybridized carbons (Fsp3) is 0.462. The predicted molar refractivity (Wildman–Crippen MR) is 81.6 cm³/mol. The maximum Gasteiger partial charge on any atom is 0.390 e. The molecule has 1 rings (SSSR count). The van der Waals surface area contributed by atoms with Gasteiger partial charge in [0.05, 0.1) is 11.3 Å². The van der Waals surface area contributed by atoms with Gasteiger partial charge in [0.2, 0.25) is 0 Å². The van der Waals surface area contributed by atoms with Crippen molar-refractivity contribution in [2.75, 3.05) is 32.0 Å². The summed E-state index contributed by atoms with van der Waals surface area (Å²) >= 11 is 0. The second-order valence-corrected chi connectivity index (χ2v) is 4.52. The van der Waals surface area contributed by atoms with Gasteiger partial charge < -0.3 is 16.0 Å². The summed E-state index contributed by atoms with van der Waals surface area (Å²) in [6.07, 6.45) is -5.14. The van der Waals surface area contributed by atoms with Crippen LogP contribution >= 0.6 is 0 Å². The summed E-state index contributed by atoms with van der Waals surface area (Å²) in [6.45, 7) is 0.638. The Bertz CT molecular complexity index is 531. The molecule has 0 atom stereocenters. The van der Waals surface area contributed by atoms with Crippen LogP contribution in [0, 0.1) is 10.1 Å². The molecule has 0 bridgehead atoms. The van der Waals surface area contributed by atoms with E-state index < -0.39 is 17.5 Å². The molecular weight excluding hydrogens is 315 g/mol. The number of nitrogens with zero attached hydrogens (tertiary/aromatic N) is 2. The first-order valence-electron chi connectivity index (χ1n) is 6.81. The molecule has 0 amide bonds. The zero-order valence-corrected chi connectivity index (χ0v) is 12.5. The third-order valence-electron chi connectivity index (χ3n) is 2.75. The van der Waals surface area contributed by atoms with Crippen molar-refractivity contribution in [3.63, 3.8) is 0 Å². The van der Waals surface area contributed by atoms with Gasteiger partial charge in [0.15, 0.2) is 5.96 Å². The summed E-state index contributed by atoms with van der Waals surface area (Å²) in [4.78, 5) is 13.8. The van der Waals surface area contributed by atoms with Crippen molar-refractivity contribution in [3.05, 3.63) is 34.4 Å². The highest BCUT2D eigenvalue weighted by atomic mass is 19.4. The summed E-state index contributed by atoms with van der Waals surface area (Å²) < 4.78 is 36.1. The van der Waals surface area contributed by atoms with Crippen LogP contribution in [0.5, 0.6) is 0 Å². The zero-order chi connectivity index (χ0) is 17.3. The van der Waals surface area contributed by atoms with Gasteiger partial charge in [0, 0.05) is 44.5 Å². The summed E-state index contributed by atoms with van der Waals surface area (Å²) in [5, 5.41) is 19.0. The van der Waals surface area contributed by atoms with Crippen molar-refractivity contribution >= 4 is 17.3 Å². The summed E-state index contributed by atoms with van der Waals surface area (Å²) in [5.74, 6) is 0.278. The van der Waals surface area contributed by atoms with Crippen LogP contribution in [0.25, 0.3) is 0 Å². The van der Waals surface area contributed by atoms with E-state index in [1.165, 1.54) is 19.2 Å². The van der Waals surface area contributed by atoms with E-state index >= 15 is 0 Å². The molecule has 0 heterocycles. The smallest absolute Gasteiger partial charge is 0.383 e. The Morgan fingerprint density at radius 1 is 1.17 bits per heavy atom. The van der Waals surface area contributed by atoms with Gasteiger partial charge in [-0.15, -0.1) is 0 Å². The van der Waals surface area contributed by atoms with E-state index in [1.54, 1.807) is 12.1 Å². The normalized spacial score (nSPS) is 11.9. The van der Waals surface area contributed by atoms with Crippen LogP contribution in [0.4, 0.5) is 24.5 Å². The molecule has 0 spiro atoms. The molecule has 3 N–H and O–H groups in total. The van der Waals surface area contributed by atoms with Crippen LogP contribution < -0.4 is 16.0 Å². The highest BCUT2D eigenvalue weighted by Gasteiger charge is 2.26. The van der Waals surface area contributed by atoms with Gasteiger partial charge in [-0.25, -0.2) is 0 Å². The molecule has 0 aromatic heterocycles. The molecule has 128 valence electrons. The van der Waals surface area contributed by atoms with E-state index in [9.17, 15) is 23.3 Å². The molecule has 23 heavy (non-hydrogen) atoms. The molecule has 0 fully saturated rings. The van der Waals surface area contributed by atoms with E-state index in [-0.39, 0.29) is 18.2 Å². The minimum absolute atomic E-state index is 0.00272. The van der Waals surface area contributed by atoms with Gasteiger partial charge >= 0.3 is 6.18 Å². The average molecular weight is 333 g/mol. The van der Waals surface area contributed by atoms with Crippen LogP contribution in [-0.4, -0.2) is 43.7 Å². The van der Waals surface area contributed by atoms with Gasteiger partial charge in [0.25, 0.3) is 5.69 Å². The second-order valence-electron chi connectivity index (χ2n) is 4.52.